The van der Waals surface area contributed by atoms with Crippen molar-refractivity contribution in [3.63, 3.8) is 0 Å². The van der Waals surface area contributed by atoms with Gasteiger partial charge in [0.05, 0.1) is 13.2 Å². The van der Waals surface area contributed by atoms with Crippen molar-refractivity contribution >= 4 is 30.0 Å². The van der Waals surface area contributed by atoms with Crippen LogP contribution in [0, 0.1) is 0 Å². The Morgan fingerprint density at radius 3 is 2.96 bits per heavy atom. The molecule has 1 fully saturated rings. The highest BCUT2D eigenvalue weighted by Gasteiger charge is 2.18. The summed E-state index contributed by atoms with van der Waals surface area (Å²) in [7, 11) is 1.30. The molecule has 0 radical (unpaired) electrons. The van der Waals surface area contributed by atoms with Crippen LogP contribution < -0.4 is 15.4 Å². The number of carbonyl (C=O) groups is 2. The SMILES string of the molecule is COC(=O)COc1cccc(NC(=O)c2ccn(C3CCCNC3)n2)c1.Cl. The largest absolute Gasteiger partial charge is 0.482 e. The Kier molecular flexibility index (Phi) is 7.63. The van der Waals surface area contributed by atoms with E-state index in [1.165, 1.54) is 7.11 Å². The van der Waals surface area contributed by atoms with Crippen LogP contribution in [0.2, 0.25) is 0 Å². The van der Waals surface area contributed by atoms with Gasteiger partial charge in [-0.1, -0.05) is 6.07 Å². The van der Waals surface area contributed by atoms with E-state index in [1.54, 1.807) is 30.3 Å². The average molecular weight is 395 g/mol. The number of esters is 1. The van der Waals surface area contributed by atoms with Gasteiger partial charge in [-0.25, -0.2) is 4.79 Å². The molecule has 1 aliphatic rings. The molecule has 1 aromatic carbocycles. The van der Waals surface area contributed by atoms with Crippen LogP contribution in [0.25, 0.3) is 0 Å². The lowest BCUT2D eigenvalue weighted by Crippen LogP contribution is -2.32. The molecule has 2 heterocycles. The third kappa shape index (κ3) is 5.70. The molecule has 1 unspecified atom stereocenters. The fourth-order valence-corrected chi connectivity index (χ4v) is 2.78. The lowest BCUT2D eigenvalue weighted by Gasteiger charge is -2.22. The highest BCUT2D eigenvalue weighted by molar-refractivity contribution is 6.02. The van der Waals surface area contributed by atoms with E-state index in [0.717, 1.165) is 25.9 Å². The smallest absolute Gasteiger partial charge is 0.343 e. The van der Waals surface area contributed by atoms with Crippen LogP contribution in [0.3, 0.4) is 0 Å². The van der Waals surface area contributed by atoms with E-state index in [2.05, 4.69) is 20.5 Å². The molecule has 2 aromatic rings. The Balaban J connectivity index is 0.00000261. The minimum atomic E-state index is -0.470. The minimum Gasteiger partial charge on any atom is -0.482 e. The molecular weight excluding hydrogens is 372 g/mol. The first-order valence-electron chi connectivity index (χ1n) is 8.52. The molecule has 0 bridgehead atoms. The normalized spacial score (nSPS) is 16.1. The van der Waals surface area contributed by atoms with E-state index in [9.17, 15) is 9.59 Å². The number of carbonyl (C=O) groups excluding carboxylic acids is 2. The molecule has 3 rings (SSSR count). The number of hydrogen-bond acceptors (Lipinski definition) is 6. The highest BCUT2D eigenvalue weighted by atomic mass is 35.5. The molecule has 0 spiro atoms. The van der Waals surface area contributed by atoms with Crippen LogP contribution in [-0.4, -0.2) is 48.5 Å². The molecule has 1 amide bonds. The number of rotatable bonds is 6. The summed E-state index contributed by atoms with van der Waals surface area (Å²) in [5, 5.41) is 10.5. The Labute approximate surface area is 163 Å². The van der Waals surface area contributed by atoms with E-state index in [0.29, 0.717) is 17.1 Å². The van der Waals surface area contributed by atoms with Crippen LogP contribution in [0.4, 0.5) is 5.69 Å². The third-order valence-electron chi connectivity index (χ3n) is 4.16. The minimum absolute atomic E-state index is 0. The van der Waals surface area contributed by atoms with Crippen molar-refractivity contribution < 1.29 is 19.1 Å². The van der Waals surface area contributed by atoms with Crippen molar-refractivity contribution in [2.24, 2.45) is 0 Å². The lowest BCUT2D eigenvalue weighted by atomic mass is 10.1. The Bertz CT molecular complexity index is 774. The van der Waals surface area contributed by atoms with Crippen LogP contribution in [0.5, 0.6) is 5.75 Å². The highest BCUT2D eigenvalue weighted by Crippen LogP contribution is 2.19. The van der Waals surface area contributed by atoms with E-state index in [4.69, 9.17) is 4.74 Å². The standard InChI is InChI=1S/C18H22N4O4.ClH/c1-25-17(23)12-26-15-6-2-4-13(10-15)20-18(24)16-7-9-22(21-16)14-5-3-8-19-11-14;/h2,4,6-7,9-10,14,19H,3,5,8,11-12H2,1H3,(H,20,24);1H. The summed E-state index contributed by atoms with van der Waals surface area (Å²) in [5.74, 6) is -0.299. The van der Waals surface area contributed by atoms with Crippen LogP contribution >= 0.6 is 12.4 Å². The number of nitrogens with one attached hydrogen (secondary N) is 2. The van der Waals surface area contributed by atoms with Crippen molar-refractivity contribution in [3.8, 4) is 5.75 Å². The number of aromatic nitrogens is 2. The van der Waals surface area contributed by atoms with Crippen molar-refractivity contribution in [2.45, 2.75) is 18.9 Å². The summed E-state index contributed by atoms with van der Waals surface area (Å²) < 4.78 is 11.7. The molecule has 9 heteroatoms. The van der Waals surface area contributed by atoms with Gasteiger partial charge in [0.2, 0.25) is 0 Å². The summed E-state index contributed by atoms with van der Waals surface area (Å²) >= 11 is 0. The zero-order valence-corrected chi connectivity index (χ0v) is 15.8. The molecule has 27 heavy (non-hydrogen) atoms. The maximum absolute atomic E-state index is 12.4. The van der Waals surface area contributed by atoms with E-state index in [-0.39, 0.29) is 31.0 Å². The van der Waals surface area contributed by atoms with Crippen molar-refractivity contribution in [3.05, 3.63) is 42.2 Å². The predicted octanol–water partition coefficient (Wildman–Crippen LogP) is 2.03. The Hall–Kier alpha value is -2.58. The second-order valence-corrected chi connectivity index (χ2v) is 6.03. The fraction of sp³-hybridized carbons (Fsp3) is 0.389. The van der Waals surface area contributed by atoms with Crippen molar-refractivity contribution in [1.29, 1.82) is 0 Å². The van der Waals surface area contributed by atoms with E-state index < -0.39 is 5.97 Å². The molecular formula is C18H23ClN4O4. The molecule has 146 valence electrons. The molecule has 0 saturated carbocycles. The van der Waals surface area contributed by atoms with Gasteiger partial charge in [-0.05, 0) is 37.6 Å². The number of halogens is 1. The maximum Gasteiger partial charge on any atom is 0.343 e. The first-order valence-corrected chi connectivity index (χ1v) is 8.52. The van der Waals surface area contributed by atoms with E-state index in [1.807, 2.05) is 10.9 Å². The number of benzene rings is 1. The summed E-state index contributed by atoms with van der Waals surface area (Å²) in [6.07, 6.45) is 3.99. The zero-order valence-electron chi connectivity index (χ0n) is 15.0. The molecule has 1 aliphatic heterocycles. The monoisotopic (exact) mass is 394 g/mol. The van der Waals surface area contributed by atoms with Gasteiger partial charge in [0.15, 0.2) is 12.3 Å². The van der Waals surface area contributed by atoms with Gasteiger partial charge < -0.3 is 20.1 Å². The van der Waals surface area contributed by atoms with Gasteiger partial charge in [-0.15, -0.1) is 12.4 Å². The number of hydrogen-bond donors (Lipinski definition) is 2. The van der Waals surface area contributed by atoms with Crippen LogP contribution in [0.1, 0.15) is 29.4 Å². The number of ether oxygens (including phenoxy) is 2. The van der Waals surface area contributed by atoms with Gasteiger partial charge >= 0.3 is 5.97 Å². The molecule has 8 nitrogen and oxygen atoms in total. The predicted molar refractivity (Wildman–Crippen MR) is 103 cm³/mol. The summed E-state index contributed by atoms with van der Waals surface area (Å²) in [4.78, 5) is 23.6. The first-order chi connectivity index (χ1) is 12.7. The fourth-order valence-electron chi connectivity index (χ4n) is 2.78. The summed E-state index contributed by atoms with van der Waals surface area (Å²) in [5.41, 5.74) is 0.919. The number of anilines is 1. The number of methoxy groups -OCH3 is 1. The Morgan fingerprint density at radius 1 is 1.37 bits per heavy atom. The molecule has 1 aromatic heterocycles. The topological polar surface area (TPSA) is 94.5 Å². The average Bonchev–Trinajstić information content (AvgIpc) is 3.17. The van der Waals surface area contributed by atoms with Crippen LogP contribution in [-0.2, 0) is 9.53 Å². The lowest BCUT2D eigenvalue weighted by molar-refractivity contribution is -0.142. The summed E-state index contributed by atoms with van der Waals surface area (Å²) in [6, 6.07) is 8.80. The van der Waals surface area contributed by atoms with Gasteiger partial charge in [-0.3, -0.25) is 9.48 Å². The first kappa shape index (κ1) is 20.7. The van der Waals surface area contributed by atoms with Gasteiger partial charge in [0, 0.05) is 24.5 Å². The van der Waals surface area contributed by atoms with E-state index >= 15 is 0 Å². The maximum atomic E-state index is 12.4. The van der Waals surface area contributed by atoms with Crippen LogP contribution in [0.15, 0.2) is 36.5 Å². The molecule has 1 saturated heterocycles. The summed E-state index contributed by atoms with van der Waals surface area (Å²) in [6.45, 7) is 1.70. The van der Waals surface area contributed by atoms with Gasteiger partial charge in [0.1, 0.15) is 5.75 Å². The zero-order chi connectivity index (χ0) is 18.4. The van der Waals surface area contributed by atoms with Gasteiger partial charge in [0.25, 0.3) is 5.91 Å². The molecule has 1 atom stereocenters. The van der Waals surface area contributed by atoms with Crippen molar-refractivity contribution in [2.75, 3.05) is 32.1 Å². The quantitative estimate of drug-likeness (QED) is 0.728. The Morgan fingerprint density at radius 2 is 2.22 bits per heavy atom. The second-order valence-electron chi connectivity index (χ2n) is 6.03. The second kappa shape index (κ2) is 9.94. The third-order valence-corrected chi connectivity index (χ3v) is 4.16. The number of amides is 1. The molecule has 0 aliphatic carbocycles. The molecule has 2 N–H and O–H groups in total. The van der Waals surface area contributed by atoms with Crippen molar-refractivity contribution in [1.82, 2.24) is 15.1 Å². The number of piperidine rings is 1. The number of nitrogens with zero attached hydrogens (tertiary/aromatic N) is 2. The van der Waals surface area contributed by atoms with Gasteiger partial charge in [-0.2, -0.15) is 5.10 Å².